The van der Waals surface area contributed by atoms with Gasteiger partial charge in [0.25, 0.3) is 0 Å². The average molecular weight is 380 g/mol. The number of nitrogens with zero attached hydrogens (tertiary/aromatic N) is 3. The van der Waals surface area contributed by atoms with Gasteiger partial charge in [-0.15, -0.1) is 0 Å². The highest BCUT2D eigenvalue weighted by molar-refractivity contribution is 5.82. The molecule has 3 rings (SSSR count). The molecule has 1 saturated carbocycles. The summed E-state index contributed by atoms with van der Waals surface area (Å²) in [5, 5.41) is 16.4. The molecule has 6 heteroatoms. The van der Waals surface area contributed by atoms with Gasteiger partial charge in [-0.25, -0.2) is 4.99 Å². The molecule has 0 bridgehead atoms. The van der Waals surface area contributed by atoms with E-state index in [2.05, 4.69) is 34.3 Å². The lowest BCUT2D eigenvalue weighted by atomic mass is 9.82. The minimum atomic E-state index is -0.0317. The Morgan fingerprint density at radius 3 is 2.71 bits per heavy atom. The Morgan fingerprint density at radius 2 is 2.11 bits per heavy atom. The lowest BCUT2D eigenvalue weighted by molar-refractivity contribution is -0.125. The largest absolute Gasteiger partial charge is 0.396 e. The van der Waals surface area contributed by atoms with E-state index in [0.29, 0.717) is 11.7 Å². The molecule has 1 amide bonds. The highest BCUT2D eigenvalue weighted by Gasteiger charge is 2.26. The molecular weight excluding hydrogens is 352 g/mol. The van der Waals surface area contributed by atoms with Crippen LogP contribution in [0.25, 0.3) is 17.2 Å². The molecule has 6 nitrogen and oxygen atoms in total. The number of benzene rings is 1. The number of aromatic nitrogens is 2. The molecule has 2 aromatic rings. The lowest BCUT2D eigenvalue weighted by Gasteiger charge is -2.26. The first-order chi connectivity index (χ1) is 13.5. The summed E-state index contributed by atoms with van der Waals surface area (Å²) >= 11 is 0. The quantitative estimate of drug-likeness (QED) is 0.755. The maximum atomic E-state index is 12.6. The van der Waals surface area contributed by atoms with Gasteiger partial charge in [-0.05, 0) is 74.1 Å². The van der Waals surface area contributed by atoms with E-state index in [0.717, 1.165) is 47.9 Å². The van der Waals surface area contributed by atoms with Crippen molar-refractivity contribution in [3.05, 3.63) is 47.5 Å². The molecule has 1 aliphatic carbocycles. The molecule has 0 radical (unpaired) electrons. The predicted octanol–water partition coefficient (Wildman–Crippen LogP) is 3.31. The van der Waals surface area contributed by atoms with E-state index in [1.807, 2.05) is 38.5 Å². The molecule has 1 aromatic carbocycles. The van der Waals surface area contributed by atoms with E-state index in [9.17, 15) is 9.90 Å². The molecule has 148 valence electrons. The van der Waals surface area contributed by atoms with Crippen molar-refractivity contribution in [2.45, 2.75) is 32.6 Å². The van der Waals surface area contributed by atoms with Crippen LogP contribution in [0, 0.1) is 18.8 Å². The highest BCUT2D eigenvalue weighted by Crippen LogP contribution is 2.29. The minimum Gasteiger partial charge on any atom is -0.396 e. The summed E-state index contributed by atoms with van der Waals surface area (Å²) < 4.78 is 1.77. The number of aliphatic hydroxyl groups excluding tert-OH is 1. The third-order valence-electron chi connectivity index (χ3n) is 5.51. The van der Waals surface area contributed by atoms with Gasteiger partial charge in [-0.2, -0.15) is 5.10 Å². The number of carbonyl (C=O) groups is 1. The Bertz CT molecular complexity index is 876. The summed E-state index contributed by atoms with van der Waals surface area (Å²) in [6, 6.07) is 6.17. The Morgan fingerprint density at radius 1 is 1.36 bits per heavy atom. The van der Waals surface area contributed by atoms with Gasteiger partial charge in [0.05, 0.1) is 6.20 Å². The SMILES string of the molecule is C=N/C(=C\c1cc(-c2cnn(C)c2)ccc1C)NC(=O)C1CCC(CO)CC1. The normalized spacial score (nSPS) is 20.0. The van der Waals surface area contributed by atoms with E-state index < -0.39 is 0 Å². The van der Waals surface area contributed by atoms with Crippen LogP contribution in [0.2, 0.25) is 0 Å². The summed E-state index contributed by atoms with van der Waals surface area (Å²) in [7, 11) is 1.89. The molecule has 0 saturated heterocycles. The highest BCUT2D eigenvalue weighted by atomic mass is 16.3. The van der Waals surface area contributed by atoms with Gasteiger partial charge in [-0.3, -0.25) is 9.48 Å². The summed E-state index contributed by atoms with van der Waals surface area (Å²) in [5.41, 5.74) is 4.16. The van der Waals surface area contributed by atoms with E-state index >= 15 is 0 Å². The fourth-order valence-electron chi connectivity index (χ4n) is 3.65. The van der Waals surface area contributed by atoms with Gasteiger partial charge in [0.2, 0.25) is 5.91 Å². The number of aliphatic hydroxyl groups is 1. The molecule has 0 unspecified atom stereocenters. The zero-order chi connectivity index (χ0) is 20.1. The van der Waals surface area contributed by atoms with Crippen LogP contribution in [0.3, 0.4) is 0 Å². The van der Waals surface area contributed by atoms with Crippen LogP contribution in [0.15, 0.2) is 41.4 Å². The van der Waals surface area contributed by atoms with Gasteiger partial charge in [0.1, 0.15) is 5.82 Å². The molecule has 1 fully saturated rings. The van der Waals surface area contributed by atoms with Gasteiger partial charge in [-0.1, -0.05) is 12.1 Å². The monoisotopic (exact) mass is 380 g/mol. The maximum Gasteiger partial charge on any atom is 0.228 e. The number of carbonyl (C=O) groups excluding carboxylic acids is 1. The first-order valence-electron chi connectivity index (χ1n) is 9.70. The van der Waals surface area contributed by atoms with Gasteiger partial charge in [0.15, 0.2) is 0 Å². The van der Waals surface area contributed by atoms with Crippen molar-refractivity contribution in [1.82, 2.24) is 15.1 Å². The van der Waals surface area contributed by atoms with E-state index in [-0.39, 0.29) is 18.4 Å². The second-order valence-corrected chi connectivity index (χ2v) is 7.55. The number of rotatable bonds is 6. The van der Waals surface area contributed by atoms with Crippen molar-refractivity contribution in [3.8, 4) is 11.1 Å². The van der Waals surface area contributed by atoms with Crippen molar-refractivity contribution in [2.24, 2.45) is 23.9 Å². The Labute approximate surface area is 166 Å². The van der Waals surface area contributed by atoms with Crippen LogP contribution in [-0.2, 0) is 11.8 Å². The lowest BCUT2D eigenvalue weighted by Crippen LogP contribution is -2.32. The zero-order valence-corrected chi connectivity index (χ0v) is 16.6. The van der Waals surface area contributed by atoms with Gasteiger partial charge in [0, 0.05) is 31.3 Å². The number of hydrogen-bond donors (Lipinski definition) is 2. The third kappa shape index (κ3) is 4.75. The van der Waals surface area contributed by atoms with Crippen molar-refractivity contribution in [1.29, 1.82) is 0 Å². The third-order valence-corrected chi connectivity index (χ3v) is 5.51. The number of aryl methyl sites for hydroxylation is 2. The predicted molar refractivity (Wildman–Crippen MR) is 112 cm³/mol. The van der Waals surface area contributed by atoms with Crippen molar-refractivity contribution < 1.29 is 9.90 Å². The summed E-state index contributed by atoms with van der Waals surface area (Å²) in [6.45, 7) is 5.85. The van der Waals surface area contributed by atoms with Gasteiger partial charge < -0.3 is 10.4 Å². The Balaban J connectivity index is 1.75. The van der Waals surface area contributed by atoms with E-state index in [1.54, 1.807) is 4.68 Å². The molecule has 1 aliphatic rings. The molecule has 28 heavy (non-hydrogen) atoms. The van der Waals surface area contributed by atoms with Gasteiger partial charge >= 0.3 is 0 Å². The second-order valence-electron chi connectivity index (χ2n) is 7.55. The molecule has 0 atom stereocenters. The van der Waals surface area contributed by atoms with Crippen LogP contribution in [-0.4, -0.2) is 34.1 Å². The van der Waals surface area contributed by atoms with Crippen LogP contribution >= 0.6 is 0 Å². The molecule has 1 aromatic heterocycles. The summed E-state index contributed by atoms with van der Waals surface area (Å²) in [6.07, 6.45) is 9.04. The number of hydrogen-bond acceptors (Lipinski definition) is 4. The summed E-state index contributed by atoms with van der Waals surface area (Å²) in [5.74, 6) is 0.738. The van der Waals surface area contributed by atoms with E-state index in [4.69, 9.17) is 0 Å². The fourth-order valence-corrected chi connectivity index (χ4v) is 3.65. The standard InChI is InChI=1S/C22H28N4O2/c1-15-4-7-18(20-12-24-26(3)13-20)10-19(15)11-21(23-2)25-22(28)17-8-5-16(14-27)6-9-17/h4,7,10-13,16-17,27H,2,5-6,8-9,14H2,1,3H3,(H,25,28)/b21-11+. The average Bonchev–Trinajstić information content (AvgIpc) is 3.15. The first kappa shape index (κ1) is 20.0. The minimum absolute atomic E-state index is 0.0175. The first-order valence-corrected chi connectivity index (χ1v) is 9.70. The van der Waals surface area contributed by atoms with Crippen molar-refractivity contribution >= 4 is 18.7 Å². The van der Waals surface area contributed by atoms with Crippen LogP contribution in [0.1, 0.15) is 36.8 Å². The Hall–Kier alpha value is -2.73. The topological polar surface area (TPSA) is 79.5 Å². The molecule has 1 heterocycles. The number of amides is 1. The molecule has 0 spiro atoms. The smallest absolute Gasteiger partial charge is 0.228 e. The maximum absolute atomic E-state index is 12.6. The molecule has 2 N–H and O–H groups in total. The van der Waals surface area contributed by atoms with Crippen LogP contribution in [0.4, 0.5) is 0 Å². The molecule has 0 aliphatic heterocycles. The number of aliphatic imine (C=N–C) groups is 1. The molecular formula is C22H28N4O2. The zero-order valence-electron chi connectivity index (χ0n) is 16.6. The summed E-state index contributed by atoms with van der Waals surface area (Å²) in [4.78, 5) is 16.6. The fraction of sp³-hybridized carbons (Fsp3) is 0.409. The van der Waals surface area contributed by atoms with Crippen LogP contribution < -0.4 is 5.32 Å². The van der Waals surface area contributed by atoms with Crippen molar-refractivity contribution in [2.75, 3.05) is 6.61 Å². The van der Waals surface area contributed by atoms with Crippen LogP contribution in [0.5, 0.6) is 0 Å². The van der Waals surface area contributed by atoms with Crippen molar-refractivity contribution in [3.63, 3.8) is 0 Å². The van der Waals surface area contributed by atoms with E-state index in [1.165, 1.54) is 0 Å². The number of nitrogens with one attached hydrogen (secondary N) is 1. The Kier molecular flexibility index (Phi) is 6.41. The second kappa shape index (κ2) is 8.97.